The van der Waals surface area contributed by atoms with Crippen LogP contribution in [0.15, 0.2) is 71.8 Å². The van der Waals surface area contributed by atoms with E-state index in [9.17, 15) is 9.59 Å². The molecule has 2 N–H and O–H groups in total. The maximum Gasteiger partial charge on any atom is 0.349 e. The lowest BCUT2D eigenvalue weighted by molar-refractivity contribution is 0.0600. The number of carbonyl (C=O) groups is 1. The number of unbranched alkanes of at least 4 members (excludes halogenated alkanes) is 1. The number of nitrogen functional groups attached to an aromatic ring is 1. The molecule has 2 aromatic heterocycles. The lowest BCUT2D eigenvalue weighted by Crippen LogP contribution is -2.23. The molecule has 0 atom stereocenters. The molecule has 0 spiro atoms. The normalized spacial score (nSPS) is 10.9. The van der Waals surface area contributed by atoms with Crippen LogP contribution in [0.3, 0.4) is 0 Å². The third-order valence-corrected chi connectivity index (χ3v) is 5.51. The van der Waals surface area contributed by atoms with Crippen LogP contribution >= 0.6 is 0 Å². The van der Waals surface area contributed by atoms with E-state index in [2.05, 4.69) is 15.3 Å². The molecule has 0 fully saturated rings. The number of carbonyl (C=O) groups excluding carboxylic acids is 1. The highest BCUT2D eigenvalue weighted by atomic mass is 16.5. The molecule has 4 rings (SSSR count). The van der Waals surface area contributed by atoms with Gasteiger partial charge < -0.3 is 10.5 Å². The standard InChI is InChI=1S/C25H26N6O3/c1-34-24(32)21-11-5-18(6-12-21)4-2-3-14-31-17-22(28-29-31)20-9-7-19(8-10-20)16-30-15-13-23(26)27-25(30)33/h5-13,15,17H,2-4,14,16H2,1H3,(H2,26,27,33). The fourth-order valence-electron chi connectivity index (χ4n) is 3.61. The van der Waals surface area contributed by atoms with Gasteiger partial charge in [0.1, 0.15) is 11.5 Å². The van der Waals surface area contributed by atoms with Gasteiger partial charge in [0, 0.05) is 18.3 Å². The SMILES string of the molecule is COC(=O)c1ccc(CCCCn2cc(-c3ccc(Cn4ccc(N)nc4=O)cc3)nn2)cc1. The number of methoxy groups -OCH3 is 1. The second-order valence-electron chi connectivity index (χ2n) is 7.97. The number of hydrogen-bond acceptors (Lipinski definition) is 7. The molecule has 0 aliphatic carbocycles. The van der Waals surface area contributed by atoms with Crippen molar-refractivity contribution < 1.29 is 9.53 Å². The lowest BCUT2D eigenvalue weighted by Gasteiger charge is -2.06. The number of nitrogens with zero attached hydrogens (tertiary/aromatic N) is 5. The van der Waals surface area contributed by atoms with E-state index in [1.165, 1.54) is 17.2 Å². The van der Waals surface area contributed by atoms with Crippen LogP contribution in [0.1, 0.15) is 34.3 Å². The molecule has 2 aromatic carbocycles. The Kier molecular flexibility index (Phi) is 7.12. The van der Waals surface area contributed by atoms with Crippen molar-refractivity contribution in [2.24, 2.45) is 0 Å². The summed E-state index contributed by atoms with van der Waals surface area (Å²) in [7, 11) is 1.38. The Morgan fingerprint density at radius 2 is 1.74 bits per heavy atom. The number of ether oxygens (including phenoxy) is 1. The van der Waals surface area contributed by atoms with Crippen molar-refractivity contribution in [2.75, 3.05) is 12.8 Å². The summed E-state index contributed by atoms with van der Waals surface area (Å²) >= 11 is 0. The molecule has 174 valence electrons. The highest BCUT2D eigenvalue weighted by Crippen LogP contribution is 2.18. The Labute approximate surface area is 196 Å². The van der Waals surface area contributed by atoms with Crippen LogP contribution in [0.5, 0.6) is 0 Å². The van der Waals surface area contributed by atoms with E-state index < -0.39 is 0 Å². The summed E-state index contributed by atoms with van der Waals surface area (Å²) < 4.78 is 8.08. The highest BCUT2D eigenvalue weighted by molar-refractivity contribution is 5.89. The molecule has 9 nitrogen and oxygen atoms in total. The van der Waals surface area contributed by atoms with Gasteiger partial charge in [-0.25, -0.2) is 9.59 Å². The predicted octanol–water partition coefficient (Wildman–Crippen LogP) is 2.94. The van der Waals surface area contributed by atoms with Gasteiger partial charge in [-0.2, -0.15) is 4.98 Å². The Balaban J connectivity index is 1.27. The van der Waals surface area contributed by atoms with Crippen molar-refractivity contribution in [3.63, 3.8) is 0 Å². The third kappa shape index (κ3) is 5.74. The Morgan fingerprint density at radius 1 is 1.00 bits per heavy atom. The van der Waals surface area contributed by atoms with E-state index in [0.717, 1.165) is 42.6 Å². The van der Waals surface area contributed by atoms with Gasteiger partial charge in [0.05, 0.1) is 25.4 Å². The number of anilines is 1. The summed E-state index contributed by atoms with van der Waals surface area (Å²) in [6.45, 7) is 1.20. The molecule has 0 saturated carbocycles. The molecule has 0 amide bonds. The topological polar surface area (TPSA) is 118 Å². The lowest BCUT2D eigenvalue weighted by atomic mass is 10.1. The van der Waals surface area contributed by atoms with Crippen LogP contribution in [0.4, 0.5) is 5.82 Å². The zero-order valence-electron chi connectivity index (χ0n) is 18.9. The van der Waals surface area contributed by atoms with Gasteiger partial charge in [-0.05, 0) is 48.6 Å². The van der Waals surface area contributed by atoms with Gasteiger partial charge in [0.2, 0.25) is 0 Å². The summed E-state index contributed by atoms with van der Waals surface area (Å²) in [6, 6.07) is 17.0. The minimum absolute atomic E-state index is 0.217. The van der Waals surface area contributed by atoms with Crippen molar-refractivity contribution in [2.45, 2.75) is 32.4 Å². The second kappa shape index (κ2) is 10.6. The van der Waals surface area contributed by atoms with Gasteiger partial charge in [-0.1, -0.05) is 41.6 Å². The minimum Gasteiger partial charge on any atom is -0.465 e. The molecule has 0 unspecified atom stereocenters. The predicted molar refractivity (Wildman–Crippen MR) is 128 cm³/mol. The van der Waals surface area contributed by atoms with Crippen LogP contribution in [0, 0.1) is 0 Å². The van der Waals surface area contributed by atoms with Crippen LogP contribution < -0.4 is 11.4 Å². The number of hydrogen-bond donors (Lipinski definition) is 1. The van der Waals surface area contributed by atoms with Gasteiger partial charge in [0.25, 0.3) is 0 Å². The van der Waals surface area contributed by atoms with E-state index in [1.807, 2.05) is 47.3 Å². The summed E-state index contributed by atoms with van der Waals surface area (Å²) in [4.78, 5) is 27.2. The summed E-state index contributed by atoms with van der Waals surface area (Å²) in [5.74, 6) is -0.105. The van der Waals surface area contributed by atoms with Gasteiger partial charge >= 0.3 is 11.7 Å². The van der Waals surface area contributed by atoms with Crippen molar-refractivity contribution >= 4 is 11.8 Å². The van der Waals surface area contributed by atoms with Gasteiger partial charge in [-0.3, -0.25) is 9.25 Å². The first-order chi connectivity index (χ1) is 16.5. The molecule has 4 aromatic rings. The van der Waals surface area contributed by atoms with Crippen LogP contribution in [0.25, 0.3) is 11.3 Å². The van der Waals surface area contributed by atoms with E-state index in [4.69, 9.17) is 10.5 Å². The minimum atomic E-state index is -0.370. The fourth-order valence-corrected chi connectivity index (χ4v) is 3.61. The first kappa shape index (κ1) is 22.9. The molecule has 0 bridgehead atoms. The molecular weight excluding hydrogens is 432 g/mol. The van der Waals surface area contributed by atoms with Gasteiger partial charge in [-0.15, -0.1) is 5.10 Å². The van der Waals surface area contributed by atoms with Crippen LogP contribution in [-0.4, -0.2) is 37.6 Å². The van der Waals surface area contributed by atoms with E-state index in [0.29, 0.717) is 12.1 Å². The maximum atomic E-state index is 11.9. The van der Waals surface area contributed by atoms with Gasteiger partial charge in [0.15, 0.2) is 0 Å². The van der Waals surface area contributed by atoms with E-state index in [-0.39, 0.29) is 17.5 Å². The average Bonchev–Trinajstić information content (AvgIpc) is 3.33. The number of esters is 1. The Hall–Kier alpha value is -4.27. The monoisotopic (exact) mass is 458 g/mol. The zero-order valence-corrected chi connectivity index (χ0v) is 18.9. The molecule has 0 saturated heterocycles. The molecule has 9 heteroatoms. The fraction of sp³-hybridized carbons (Fsp3) is 0.240. The van der Waals surface area contributed by atoms with Crippen LogP contribution in [-0.2, 0) is 24.2 Å². The van der Waals surface area contributed by atoms with E-state index >= 15 is 0 Å². The Morgan fingerprint density at radius 3 is 2.44 bits per heavy atom. The quantitative estimate of drug-likeness (QED) is 0.303. The molecule has 0 radical (unpaired) electrons. The molecule has 2 heterocycles. The molecule has 0 aliphatic rings. The summed E-state index contributed by atoms with van der Waals surface area (Å²) in [5.41, 5.74) is 9.65. The number of benzene rings is 2. The highest BCUT2D eigenvalue weighted by Gasteiger charge is 2.07. The molecule has 34 heavy (non-hydrogen) atoms. The molecule has 0 aliphatic heterocycles. The Bertz CT molecular complexity index is 1310. The number of aromatic nitrogens is 5. The third-order valence-electron chi connectivity index (χ3n) is 5.51. The first-order valence-corrected chi connectivity index (χ1v) is 11.0. The van der Waals surface area contributed by atoms with Crippen molar-refractivity contribution in [1.29, 1.82) is 0 Å². The largest absolute Gasteiger partial charge is 0.465 e. The maximum absolute atomic E-state index is 11.9. The smallest absolute Gasteiger partial charge is 0.349 e. The van der Waals surface area contributed by atoms with Crippen molar-refractivity contribution in [3.8, 4) is 11.3 Å². The summed E-state index contributed by atoms with van der Waals surface area (Å²) in [6.07, 6.45) is 6.47. The van der Waals surface area contributed by atoms with Crippen molar-refractivity contribution in [1.82, 2.24) is 24.5 Å². The molecular formula is C25H26N6O3. The van der Waals surface area contributed by atoms with Crippen LogP contribution in [0.2, 0.25) is 0 Å². The zero-order chi connectivity index (χ0) is 23.9. The van der Waals surface area contributed by atoms with E-state index in [1.54, 1.807) is 24.4 Å². The average molecular weight is 459 g/mol. The van der Waals surface area contributed by atoms with Crippen molar-refractivity contribution in [3.05, 3.63) is 94.2 Å². The number of aryl methyl sites for hydroxylation is 2. The summed E-state index contributed by atoms with van der Waals surface area (Å²) in [5, 5.41) is 8.52. The number of rotatable bonds is 9. The number of nitrogens with two attached hydrogens (primary N) is 1. The second-order valence-corrected chi connectivity index (χ2v) is 7.97. The first-order valence-electron chi connectivity index (χ1n) is 11.0.